The van der Waals surface area contributed by atoms with E-state index in [9.17, 15) is 13.6 Å². The summed E-state index contributed by atoms with van der Waals surface area (Å²) < 4.78 is 28.0. The summed E-state index contributed by atoms with van der Waals surface area (Å²) in [7, 11) is 0. The maximum Gasteiger partial charge on any atom is 0.237 e. The molecule has 0 spiro atoms. The maximum absolute atomic E-state index is 13.6. The van der Waals surface area contributed by atoms with Gasteiger partial charge in [-0.3, -0.25) is 4.79 Å². The molecule has 1 heterocycles. The van der Waals surface area contributed by atoms with Gasteiger partial charge >= 0.3 is 0 Å². The number of halogens is 2. The number of hydrogen-bond donors (Lipinski definition) is 1. The molecule has 1 atom stereocenters. The standard InChI is InChI=1S/C18H14F2N2OS2/c1-11(17(23)22-16-13(19)8-5-9-14(16)20)25-18-21-15(10-24-18)12-6-3-2-4-7-12/h2-11H,1H3,(H,22,23)/t11-/m1/s1. The summed E-state index contributed by atoms with van der Waals surface area (Å²) in [4.78, 5) is 16.7. The number of thioether (sulfide) groups is 1. The van der Waals surface area contributed by atoms with Crippen LogP contribution >= 0.6 is 23.1 Å². The first-order chi connectivity index (χ1) is 12.0. The number of aromatic nitrogens is 1. The number of nitrogens with one attached hydrogen (secondary N) is 1. The van der Waals surface area contributed by atoms with E-state index in [-0.39, 0.29) is 0 Å². The molecule has 0 aliphatic rings. The zero-order chi connectivity index (χ0) is 17.8. The molecule has 128 valence electrons. The van der Waals surface area contributed by atoms with E-state index in [1.165, 1.54) is 29.2 Å². The molecule has 0 saturated carbocycles. The Labute approximate surface area is 152 Å². The Kier molecular flexibility index (Phi) is 5.45. The number of thiazole rings is 1. The van der Waals surface area contributed by atoms with Crippen LogP contribution < -0.4 is 5.32 Å². The predicted octanol–water partition coefficient (Wildman–Crippen LogP) is 5.21. The first kappa shape index (κ1) is 17.6. The van der Waals surface area contributed by atoms with Crippen molar-refractivity contribution in [3.05, 3.63) is 65.5 Å². The Morgan fingerprint density at radius 3 is 2.48 bits per heavy atom. The number of carbonyl (C=O) groups is 1. The van der Waals surface area contributed by atoms with Gasteiger partial charge in [0.1, 0.15) is 17.3 Å². The van der Waals surface area contributed by atoms with Crippen LogP contribution in [0.1, 0.15) is 6.92 Å². The molecule has 0 bridgehead atoms. The van der Waals surface area contributed by atoms with Gasteiger partial charge in [0.2, 0.25) is 5.91 Å². The Morgan fingerprint density at radius 1 is 1.12 bits per heavy atom. The number of hydrogen-bond acceptors (Lipinski definition) is 4. The van der Waals surface area contributed by atoms with Crippen LogP contribution in [0.4, 0.5) is 14.5 Å². The third-order valence-corrected chi connectivity index (χ3v) is 5.48. The lowest BCUT2D eigenvalue weighted by atomic mass is 10.2. The molecule has 0 saturated heterocycles. The summed E-state index contributed by atoms with van der Waals surface area (Å²) in [6.45, 7) is 1.67. The molecular formula is C18H14F2N2OS2. The normalized spacial score (nSPS) is 12.0. The summed E-state index contributed by atoms with van der Waals surface area (Å²) >= 11 is 2.68. The van der Waals surface area contributed by atoms with Crippen LogP contribution in [0, 0.1) is 11.6 Å². The second-order valence-corrected chi connectivity index (χ2v) is 7.66. The van der Waals surface area contributed by atoms with E-state index in [2.05, 4.69) is 10.3 Å². The van der Waals surface area contributed by atoms with E-state index in [0.717, 1.165) is 27.7 Å². The fraction of sp³-hybridized carbons (Fsp3) is 0.111. The second-order valence-electron chi connectivity index (χ2n) is 5.21. The van der Waals surface area contributed by atoms with E-state index in [1.54, 1.807) is 6.92 Å². The molecule has 1 aromatic heterocycles. The highest BCUT2D eigenvalue weighted by Crippen LogP contribution is 2.31. The number of carbonyl (C=O) groups excluding carboxylic acids is 1. The predicted molar refractivity (Wildman–Crippen MR) is 97.9 cm³/mol. The summed E-state index contributed by atoms with van der Waals surface area (Å²) in [5.74, 6) is -2.08. The number of anilines is 1. The molecule has 0 radical (unpaired) electrons. The Bertz CT molecular complexity index is 864. The highest BCUT2D eigenvalue weighted by Gasteiger charge is 2.19. The summed E-state index contributed by atoms with van der Waals surface area (Å²) in [5, 5.41) is 3.67. The lowest BCUT2D eigenvalue weighted by molar-refractivity contribution is -0.115. The zero-order valence-corrected chi connectivity index (χ0v) is 14.8. The number of rotatable bonds is 5. The quantitative estimate of drug-likeness (QED) is 0.622. The van der Waals surface area contributed by atoms with Crippen molar-refractivity contribution in [2.75, 3.05) is 5.32 Å². The molecule has 0 aliphatic heterocycles. The number of amides is 1. The molecule has 0 fully saturated rings. The van der Waals surface area contributed by atoms with Crippen LogP contribution in [0.15, 0.2) is 58.3 Å². The van der Waals surface area contributed by atoms with Gasteiger partial charge in [-0.15, -0.1) is 11.3 Å². The monoisotopic (exact) mass is 376 g/mol. The van der Waals surface area contributed by atoms with Crippen molar-refractivity contribution in [2.45, 2.75) is 16.5 Å². The fourth-order valence-corrected chi connectivity index (χ4v) is 4.07. The zero-order valence-electron chi connectivity index (χ0n) is 13.2. The lowest BCUT2D eigenvalue weighted by Crippen LogP contribution is -2.23. The van der Waals surface area contributed by atoms with Gasteiger partial charge in [0.25, 0.3) is 0 Å². The number of benzene rings is 2. The number of nitrogens with zero attached hydrogens (tertiary/aromatic N) is 1. The molecule has 1 amide bonds. The smallest absolute Gasteiger partial charge is 0.237 e. The van der Waals surface area contributed by atoms with Crippen LogP contribution in [0.25, 0.3) is 11.3 Å². The van der Waals surface area contributed by atoms with Crippen LogP contribution in [0.5, 0.6) is 0 Å². The minimum atomic E-state index is -0.800. The van der Waals surface area contributed by atoms with Gasteiger partial charge in [0.05, 0.1) is 10.9 Å². The van der Waals surface area contributed by atoms with Gasteiger partial charge in [-0.05, 0) is 19.1 Å². The van der Waals surface area contributed by atoms with Crippen LogP contribution in [0.2, 0.25) is 0 Å². The van der Waals surface area contributed by atoms with Gasteiger partial charge in [-0.1, -0.05) is 48.2 Å². The molecule has 0 unspecified atom stereocenters. The summed E-state index contributed by atoms with van der Waals surface area (Å²) in [6.07, 6.45) is 0. The third-order valence-electron chi connectivity index (χ3n) is 3.41. The van der Waals surface area contributed by atoms with Gasteiger partial charge in [-0.2, -0.15) is 0 Å². The molecule has 1 N–H and O–H groups in total. The van der Waals surface area contributed by atoms with Crippen LogP contribution in [-0.4, -0.2) is 16.1 Å². The van der Waals surface area contributed by atoms with E-state index < -0.39 is 28.5 Å². The largest absolute Gasteiger partial charge is 0.320 e. The molecule has 3 rings (SSSR count). The Hall–Kier alpha value is -2.25. The van der Waals surface area contributed by atoms with E-state index in [0.29, 0.717) is 0 Å². The van der Waals surface area contributed by atoms with Crippen molar-refractivity contribution < 1.29 is 13.6 Å². The SMILES string of the molecule is C[C@@H](Sc1nc(-c2ccccc2)cs1)C(=O)Nc1c(F)cccc1F. The first-order valence-corrected chi connectivity index (χ1v) is 9.23. The highest BCUT2D eigenvalue weighted by molar-refractivity contribution is 8.02. The average molecular weight is 376 g/mol. The van der Waals surface area contributed by atoms with Gasteiger partial charge in [0, 0.05) is 10.9 Å². The fourth-order valence-electron chi connectivity index (χ4n) is 2.10. The Balaban J connectivity index is 1.67. The van der Waals surface area contributed by atoms with Crippen molar-refractivity contribution in [3.63, 3.8) is 0 Å². The minimum Gasteiger partial charge on any atom is -0.320 e. The Morgan fingerprint density at radius 2 is 1.80 bits per heavy atom. The molecule has 0 aliphatic carbocycles. The maximum atomic E-state index is 13.6. The van der Waals surface area contributed by atoms with Gasteiger partial charge in [-0.25, -0.2) is 13.8 Å². The molecule has 3 aromatic rings. The summed E-state index contributed by atoms with van der Waals surface area (Å²) in [5.41, 5.74) is 1.40. The minimum absolute atomic E-state index is 0.427. The van der Waals surface area contributed by atoms with Gasteiger partial charge < -0.3 is 5.32 Å². The molecule has 3 nitrogen and oxygen atoms in total. The van der Waals surface area contributed by atoms with E-state index in [1.807, 2.05) is 35.7 Å². The molecular weight excluding hydrogens is 362 g/mol. The first-order valence-electron chi connectivity index (χ1n) is 7.47. The van der Waals surface area contributed by atoms with Crippen molar-refractivity contribution in [3.8, 4) is 11.3 Å². The van der Waals surface area contributed by atoms with E-state index >= 15 is 0 Å². The molecule has 2 aromatic carbocycles. The van der Waals surface area contributed by atoms with Crippen LogP contribution in [-0.2, 0) is 4.79 Å². The lowest BCUT2D eigenvalue weighted by Gasteiger charge is -2.11. The average Bonchev–Trinajstić information content (AvgIpc) is 3.07. The van der Waals surface area contributed by atoms with E-state index in [4.69, 9.17) is 0 Å². The topological polar surface area (TPSA) is 42.0 Å². The second kappa shape index (κ2) is 7.76. The molecule has 25 heavy (non-hydrogen) atoms. The van der Waals surface area contributed by atoms with Crippen molar-refractivity contribution in [1.29, 1.82) is 0 Å². The van der Waals surface area contributed by atoms with Crippen molar-refractivity contribution in [1.82, 2.24) is 4.98 Å². The van der Waals surface area contributed by atoms with Crippen molar-refractivity contribution in [2.24, 2.45) is 0 Å². The highest BCUT2D eigenvalue weighted by atomic mass is 32.2. The van der Waals surface area contributed by atoms with Gasteiger partial charge in [0.15, 0.2) is 4.34 Å². The number of para-hydroxylation sites is 1. The third kappa shape index (κ3) is 4.24. The van der Waals surface area contributed by atoms with Crippen molar-refractivity contribution >= 4 is 34.7 Å². The molecule has 7 heteroatoms. The summed E-state index contributed by atoms with van der Waals surface area (Å²) in [6, 6.07) is 13.2. The van der Waals surface area contributed by atoms with Crippen LogP contribution in [0.3, 0.4) is 0 Å².